The average Bonchev–Trinajstić information content (AvgIpc) is 2.78. The molecule has 0 atom stereocenters. The average molecular weight is 624 g/mol. The summed E-state index contributed by atoms with van der Waals surface area (Å²) in [6.45, 7) is 1.22. The maximum absolute atomic E-state index is 12.3. The number of aryl methyl sites for hydroxylation is 1. The Labute approximate surface area is 271 Å². The Morgan fingerprint density at radius 2 is 1.53 bits per heavy atom. The van der Waals surface area contributed by atoms with E-state index in [4.69, 9.17) is 15.8 Å². The van der Waals surface area contributed by atoms with Crippen LogP contribution in [-0.4, -0.2) is 48.7 Å². The van der Waals surface area contributed by atoms with Crippen molar-refractivity contribution in [2.24, 2.45) is 0 Å². The first-order valence-corrected chi connectivity index (χ1v) is 13.7. The molecule has 194 valence electrons. The Bertz CT molecular complexity index is 1440. The third-order valence-electron chi connectivity index (χ3n) is 4.32. The van der Waals surface area contributed by atoms with Gasteiger partial charge in [0.15, 0.2) is 22.2 Å². The van der Waals surface area contributed by atoms with Crippen LogP contribution in [0.15, 0.2) is 52.3 Å². The summed E-state index contributed by atoms with van der Waals surface area (Å²) in [5.41, 5.74) is 1.08. The van der Waals surface area contributed by atoms with Gasteiger partial charge < -0.3 is 20.4 Å². The summed E-state index contributed by atoms with van der Waals surface area (Å²) in [4.78, 5) is 11.8. The Morgan fingerprint density at radius 1 is 0.947 bits per heavy atom. The second kappa shape index (κ2) is 16.0. The van der Waals surface area contributed by atoms with Gasteiger partial charge in [-0.15, -0.1) is 4.33 Å². The molecule has 0 aliphatic heterocycles. The van der Waals surface area contributed by atoms with Gasteiger partial charge in [-0.05, 0) is 66.6 Å². The van der Waals surface area contributed by atoms with Crippen molar-refractivity contribution in [3.63, 3.8) is 0 Å². The molecule has 2 N–H and O–H groups in total. The number of nitrogens with zero attached hydrogens (tertiary/aromatic N) is 3. The van der Waals surface area contributed by atoms with Crippen molar-refractivity contribution < 1.29 is 99.3 Å². The van der Waals surface area contributed by atoms with Crippen LogP contribution in [0.3, 0.4) is 0 Å². The Morgan fingerprint density at radius 3 is 2.08 bits per heavy atom. The van der Waals surface area contributed by atoms with Gasteiger partial charge in [-0.1, -0.05) is 0 Å². The molecule has 20 heteroatoms. The second-order valence-electron chi connectivity index (χ2n) is 6.81. The molecule has 38 heavy (non-hydrogen) atoms. The van der Waals surface area contributed by atoms with E-state index < -0.39 is 20.0 Å². The Kier molecular flexibility index (Phi) is 14.9. The van der Waals surface area contributed by atoms with Gasteiger partial charge in [0, 0.05) is 11.4 Å². The predicted molar refractivity (Wildman–Crippen MR) is 125 cm³/mol. The summed E-state index contributed by atoms with van der Waals surface area (Å²) >= 11 is 6.19. The van der Waals surface area contributed by atoms with E-state index in [0.29, 0.717) is 11.4 Å². The molecule has 0 saturated heterocycles. The molecule has 1 aromatic heterocycles. The molecule has 0 spiro atoms. The second-order valence-corrected chi connectivity index (χ2v) is 11.1. The first-order valence-electron chi connectivity index (χ1n) is 9.58. The first-order chi connectivity index (χ1) is 17.0. The van der Waals surface area contributed by atoms with E-state index in [-0.39, 0.29) is 116 Å². The zero-order valence-electron chi connectivity index (χ0n) is 20.1. The number of rotatable bonds is 12. The van der Waals surface area contributed by atoms with Crippen LogP contribution in [0.1, 0.15) is 5.56 Å². The third-order valence-corrected chi connectivity index (χ3v) is 7.55. The van der Waals surface area contributed by atoms with Crippen LogP contribution < -0.4 is 75.0 Å². The van der Waals surface area contributed by atoms with Crippen LogP contribution in [0.5, 0.6) is 0 Å². The van der Waals surface area contributed by atoms with E-state index >= 15 is 0 Å². The summed E-state index contributed by atoms with van der Waals surface area (Å²) < 4.78 is 67.0. The van der Waals surface area contributed by atoms with Crippen molar-refractivity contribution in [3.05, 3.63) is 53.3 Å². The predicted octanol–water partition coefficient (Wildman–Crippen LogP) is -4.19. The minimum absolute atomic E-state index is 0. The van der Waals surface area contributed by atoms with Gasteiger partial charge in [0.1, 0.15) is 10.1 Å². The number of anilines is 4. The van der Waals surface area contributed by atoms with E-state index in [2.05, 4.69) is 35.0 Å². The molecule has 0 saturated carbocycles. The van der Waals surface area contributed by atoms with E-state index in [1.165, 1.54) is 43.3 Å². The molecule has 0 aliphatic carbocycles. The topological polar surface area (TPSA) is 205 Å². The van der Waals surface area contributed by atoms with Gasteiger partial charge in [0.2, 0.25) is 17.2 Å². The Hall–Kier alpha value is -0.610. The Balaban J connectivity index is 0.00000361. The summed E-state index contributed by atoms with van der Waals surface area (Å²) in [7, 11) is -8.28. The SMILES string of the molecule is Cc1cc(Nc2nc(Cl)nc(Nc3ccc(S(=O)(=O)CCOSOO[O-])cc3)n2)ccc1S(=O)(=O)[O-].[Na+].[Na+]. The van der Waals surface area contributed by atoms with Crippen LogP contribution in [0.2, 0.25) is 5.28 Å². The number of hydrogen-bond donors (Lipinski definition) is 2. The molecule has 3 aromatic rings. The number of halogens is 1. The van der Waals surface area contributed by atoms with Gasteiger partial charge in [-0.25, -0.2) is 16.8 Å². The normalized spacial score (nSPS) is 11.3. The molecule has 0 unspecified atom stereocenters. The zero-order chi connectivity index (χ0) is 26.3. The zero-order valence-corrected chi connectivity index (χ0v) is 27.3. The quantitative estimate of drug-likeness (QED) is 0.0490. The van der Waals surface area contributed by atoms with E-state index in [1.54, 1.807) is 0 Å². The fraction of sp³-hybridized carbons (Fsp3) is 0.167. The summed E-state index contributed by atoms with van der Waals surface area (Å²) in [6, 6.07) is 9.65. The fourth-order valence-corrected chi connectivity index (χ4v) is 5.06. The molecule has 0 fully saturated rings. The number of aromatic nitrogens is 3. The smallest absolute Gasteiger partial charge is 0.744 e. The number of hydrogen-bond acceptors (Lipinski definition) is 15. The molecule has 0 amide bonds. The third kappa shape index (κ3) is 10.8. The summed E-state index contributed by atoms with van der Waals surface area (Å²) in [6.07, 6.45) is 0. The molecular weight excluding hydrogens is 608 g/mol. The largest absolute Gasteiger partial charge is 1.00 e. The van der Waals surface area contributed by atoms with Crippen molar-refractivity contribution in [1.82, 2.24) is 15.0 Å². The van der Waals surface area contributed by atoms with Gasteiger partial charge in [-0.2, -0.15) is 15.0 Å². The fourth-order valence-electron chi connectivity index (χ4n) is 2.80. The van der Waals surface area contributed by atoms with E-state index in [9.17, 15) is 26.6 Å². The van der Waals surface area contributed by atoms with Crippen molar-refractivity contribution in [1.29, 1.82) is 0 Å². The van der Waals surface area contributed by atoms with Crippen molar-refractivity contribution >= 4 is 67.2 Å². The minimum atomic E-state index is -4.61. The summed E-state index contributed by atoms with van der Waals surface area (Å²) in [5, 5.41) is 18.3. The van der Waals surface area contributed by atoms with E-state index in [0.717, 1.165) is 6.07 Å². The van der Waals surface area contributed by atoms with Crippen LogP contribution in [0, 0.1) is 6.92 Å². The number of nitrogens with one attached hydrogen (secondary N) is 2. The minimum Gasteiger partial charge on any atom is -0.744 e. The van der Waals surface area contributed by atoms with Crippen LogP contribution in [0.4, 0.5) is 23.3 Å². The van der Waals surface area contributed by atoms with Gasteiger partial charge in [0.05, 0.1) is 22.2 Å². The van der Waals surface area contributed by atoms with Crippen LogP contribution >= 0.6 is 23.9 Å². The molecule has 2 aromatic carbocycles. The maximum Gasteiger partial charge on any atom is 1.00 e. The molecule has 0 bridgehead atoms. The van der Waals surface area contributed by atoms with Gasteiger partial charge >= 0.3 is 59.1 Å². The van der Waals surface area contributed by atoms with Crippen molar-refractivity contribution in [2.75, 3.05) is 23.0 Å². The maximum atomic E-state index is 12.3. The van der Waals surface area contributed by atoms with Gasteiger partial charge in [-0.3, -0.25) is 9.22 Å². The summed E-state index contributed by atoms with van der Waals surface area (Å²) in [5.74, 6) is -0.304. The molecule has 14 nitrogen and oxygen atoms in total. The molecule has 3 rings (SSSR count). The van der Waals surface area contributed by atoms with Crippen molar-refractivity contribution in [3.8, 4) is 0 Å². The van der Waals surface area contributed by atoms with Crippen molar-refractivity contribution in [2.45, 2.75) is 16.7 Å². The molecular formula is C18H16ClN5Na2O9S3. The standard InChI is InChI=1S/C18H18ClN5O9S3.2Na/c1-11-10-13(4-7-15(11)36(28,29)30)21-18-23-16(19)22-17(24-18)20-12-2-5-14(6-3-12)35(26,27)9-8-31-34-33-32-25;;/h2-7,10,25H,8-9H2,1H3,(H,28,29,30)(H2,20,21,22,23,24);;/q;2*+1/p-2. The van der Waals surface area contributed by atoms with E-state index in [1.807, 2.05) is 0 Å². The van der Waals surface area contributed by atoms with Crippen LogP contribution in [-0.2, 0) is 33.5 Å². The number of benzene rings is 2. The molecule has 0 aliphatic rings. The van der Waals surface area contributed by atoms with Crippen LogP contribution in [0.25, 0.3) is 0 Å². The van der Waals surface area contributed by atoms with Gasteiger partial charge in [0.25, 0.3) is 0 Å². The monoisotopic (exact) mass is 623 g/mol. The molecule has 1 heterocycles. The number of sulfone groups is 1. The first kappa shape index (κ1) is 35.4. The molecule has 0 radical (unpaired) electrons.